The number of aliphatic imine (C=N–C) groups is 2. The van der Waals surface area contributed by atoms with Gasteiger partial charge in [0.05, 0.1) is 23.5 Å². The van der Waals surface area contributed by atoms with E-state index < -0.39 is 0 Å². The van der Waals surface area contributed by atoms with E-state index in [1.165, 1.54) is 64.2 Å². The molecule has 0 aliphatic heterocycles. The van der Waals surface area contributed by atoms with Gasteiger partial charge in [-0.15, -0.1) is 0 Å². The zero-order valence-electron chi connectivity index (χ0n) is 14.0. The van der Waals surface area contributed by atoms with Gasteiger partial charge in [-0.25, -0.2) is 0 Å². The van der Waals surface area contributed by atoms with Gasteiger partial charge in [0, 0.05) is 12.4 Å². The summed E-state index contributed by atoms with van der Waals surface area (Å²) in [6, 6.07) is 5.30. The summed E-state index contributed by atoms with van der Waals surface area (Å²) in [5.41, 5.74) is 2.20. The number of hydrogen-bond acceptors (Lipinski definition) is 2. The first-order chi connectivity index (χ1) is 11.8. The molecule has 0 amide bonds. The number of aromatic amines is 1. The summed E-state index contributed by atoms with van der Waals surface area (Å²) in [6.07, 6.45) is 17.2. The van der Waals surface area contributed by atoms with Gasteiger partial charge in [0.1, 0.15) is 0 Å². The molecule has 1 aromatic rings. The van der Waals surface area contributed by atoms with Crippen LogP contribution in [0.5, 0.6) is 0 Å². The third kappa shape index (κ3) is 7.74. The van der Waals surface area contributed by atoms with Crippen LogP contribution in [0.25, 0.3) is 0 Å². The van der Waals surface area contributed by atoms with Crippen molar-refractivity contribution in [3.8, 4) is 0 Å². The van der Waals surface area contributed by atoms with Gasteiger partial charge in [-0.05, 0) is 37.8 Å². The fourth-order valence-electron chi connectivity index (χ4n) is 3.41. The van der Waals surface area contributed by atoms with Crippen molar-refractivity contribution < 1.29 is 13.1 Å². The molecule has 1 N–H and O–H groups in total. The zero-order chi connectivity index (χ0) is 17.0. The van der Waals surface area contributed by atoms with E-state index in [4.69, 9.17) is 30.2 Å². The molecule has 1 aromatic heterocycles. The number of halogens is 2. The van der Waals surface area contributed by atoms with E-state index in [9.17, 15) is 0 Å². The molecular formula is C18H27Cl2FeN3. The molecule has 0 atom stereocenters. The zero-order valence-corrected chi connectivity index (χ0v) is 16.7. The van der Waals surface area contributed by atoms with Crippen molar-refractivity contribution in [1.29, 1.82) is 0 Å². The van der Waals surface area contributed by atoms with Crippen LogP contribution in [0.15, 0.2) is 22.1 Å². The molecule has 136 valence electrons. The van der Waals surface area contributed by atoms with Crippen LogP contribution in [0.3, 0.4) is 0 Å². The van der Waals surface area contributed by atoms with E-state index >= 15 is 0 Å². The summed E-state index contributed by atoms with van der Waals surface area (Å²) in [6.45, 7) is 0. The minimum atomic E-state index is 0.194. The summed E-state index contributed by atoms with van der Waals surface area (Å²) in [5.74, 6) is 0. The van der Waals surface area contributed by atoms with Crippen LogP contribution in [0.1, 0.15) is 75.6 Å². The van der Waals surface area contributed by atoms with Crippen molar-refractivity contribution in [2.45, 2.75) is 76.3 Å². The van der Waals surface area contributed by atoms with E-state index in [0.717, 1.165) is 11.4 Å². The van der Waals surface area contributed by atoms with Crippen LogP contribution in [0.2, 0.25) is 0 Å². The molecule has 1 heterocycles. The Morgan fingerprint density at radius 1 is 0.792 bits per heavy atom. The Balaban J connectivity index is 0.000000647. The van der Waals surface area contributed by atoms with Gasteiger partial charge >= 0.3 is 33.3 Å². The fraction of sp³-hybridized carbons (Fsp3) is 0.667. The van der Waals surface area contributed by atoms with Crippen molar-refractivity contribution >= 4 is 32.6 Å². The molecule has 2 aliphatic rings. The van der Waals surface area contributed by atoms with Crippen molar-refractivity contribution in [3.63, 3.8) is 0 Å². The van der Waals surface area contributed by atoms with E-state index in [-0.39, 0.29) is 13.1 Å². The Labute approximate surface area is 160 Å². The Bertz CT molecular complexity index is 462. The van der Waals surface area contributed by atoms with Crippen LogP contribution >= 0.6 is 20.2 Å². The van der Waals surface area contributed by atoms with Crippen LogP contribution in [-0.2, 0) is 13.1 Å². The van der Waals surface area contributed by atoms with Crippen molar-refractivity contribution in [2.75, 3.05) is 0 Å². The standard InChI is InChI=1S/C18H27N3.2ClH.Fe/c1-3-7-15(8-4-1)19-13-17-11-12-18(21-17)14-20-16-9-5-2-6-10-16;;;/h11-16,21H,1-10H2;2*1H;/q;;;+2/p-2. The molecule has 0 unspecified atom stereocenters. The maximum atomic E-state index is 4.76. The van der Waals surface area contributed by atoms with Gasteiger partial charge in [-0.2, -0.15) is 0 Å². The van der Waals surface area contributed by atoms with E-state index in [1.807, 2.05) is 12.4 Å². The molecule has 2 fully saturated rings. The van der Waals surface area contributed by atoms with Gasteiger partial charge in [-0.3, -0.25) is 9.98 Å². The molecule has 2 aliphatic carbocycles. The molecular weight excluding hydrogens is 385 g/mol. The van der Waals surface area contributed by atoms with E-state index in [1.54, 1.807) is 0 Å². The molecule has 0 spiro atoms. The van der Waals surface area contributed by atoms with Crippen LogP contribution in [0.4, 0.5) is 0 Å². The van der Waals surface area contributed by atoms with Gasteiger partial charge in [0.25, 0.3) is 0 Å². The molecule has 3 nitrogen and oxygen atoms in total. The number of hydrogen-bond donors (Lipinski definition) is 1. The number of nitrogens with zero attached hydrogens (tertiary/aromatic N) is 2. The first-order valence-corrected chi connectivity index (χ1v) is 12.0. The number of rotatable bonds is 4. The van der Waals surface area contributed by atoms with Gasteiger partial charge in [-0.1, -0.05) is 38.5 Å². The third-order valence-electron chi connectivity index (χ3n) is 4.73. The summed E-state index contributed by atoms with van der Waals surface area (Å²) < 4.78 is 0. The summed E-state index contributed by atoms with van der Waals surface area (Å²) in [5, 5.41) is 0. The molecule has 0 bridgehead atoms. The summed E-state index contributed by atoms with van der Waals surface area (Å²) in [7, 11) is 9.53. The van der Waals surface area contributed by atoms with Gasteiger partial charge in [0.15, 0.2) is 0 Å². The van der Waals surface area contributed by atoms with Crippen LogP contribution < -0.4 is 0 Å². The van der Waals surface area contributed by atoms with Gasteiger partial charge < -0.3 is 4.98 Å². The molecule has 24 heavy (non-hydrogen) atoms. The first-order valence-electron chi connectivity index (χ1n) is 8.92. The molecule has 0 aromatic carbocycles. The maximum absolute atomic E-state index is 4.76. The predicted octanol–water partition coefficient (Wildman–Crippen LogP) is 5.89. The van der Waals surface area contributed by atoms with Gasteiger partial charge in [0.2, 0.25) is 0 Å². The molecule has 3 rings (SSSR count). The molecule has 0 saturated heterocycles. The Morgan fingerprint density at radius 2 is 1.17 bits per heavy atom. The number of nitrogens with one attached hydrogen (secondary N) is 1. The normalized spacial score (nSPS) is 20.6. The molecule has 0 radical (unpaired) electrons. The Kier molecular flexibility index (Phi) is 10.1. The van der Waals surface area contributed by atoms with Crippen LogP contribution in [-0.4, -0.2) is 29.5 Å². The SMILES string of the molecule is C(=NC1CCCCC1)c1ccc(C=NC2CCCCC2)[nH]1.[Cl][Fe][Cl]. The predicted molar refractivity (Wildman–Crippen MR) is 101 cm³/mol. The first kappa shape index (κ1) is 20.0. The fourth-order valence-corrected chi connectivity index (χ4v) is 3.41. The minimum absolute atomic E-state index is 0.194. The topological polar surface area (TPSA) is 40.5 Å². The number of aromatic nitrogens is 1. The second-order valence-electron chi connectivity index (χ2n) is 6.56. The quantitative estimate of drug-likeness (QED) is 0.473. The Hall–Kier alpha value is -0.281. The number of H-pyrrole nitrogens is 1. The molecule has 2 saturated carbocycles. The summed E-state index contributed by atoms with van der Waals surface area (Å²) >= 11 is 0.194. The van der Waals surface area contributed by atoms with Crippen molar-refractivity contribution in [1.82, 2.24) is 4.98 Å². The van der Waals surface area contributed by atoms with E-state index in [0.29, 0.717) is 12.1 Å². The van der Waals surface area contributed by atoms with E-state index in [2.05, 4.69) is 17.1 Å². The monoisotopic (exact) mass is 411 g/mol. The van der Waals surface area contributed by atoms with Crippen molar-refractivity contribution in [3.05, 3.63) is 23.5 Å². The van der Waals surface area contributed by atoms with Crippen LogP contribution in [0, 0.1) is 0 Å². The molecule has 6 heteroatoms. The third-order valence-corrected chi connectivity index (χ3v) is 4.73. The summed E-state index contributed by atoms with van der Waals surface area (Å²) in [4.78, 5) is 12.8. The second-order valence-corrected chi connectivity index (χ2v) is 8.38. The van der Waals surface area contributed by atoms with Crippen molar-refractivity contribution in [2.24, 2.45) is 9.98 Å². The second kappa shape index (κ2) is 12.1. The Morgan fingerprint density at radius 3 is 1.54 bits per heavy atom. The average molecular weight is 412 g/mol. The average Bonchev–Trinajstić information content (AvgIpc) is 3.09.